The number of benzene rings is 2. The van der Waals surface area contributed by atoms with Crippen molar-refractivity contribution in [2.75, 3.05) is 19.8 Å². The number of carbonyl (C=O) groups excluding carboxylic acids is 1. The Morgan fingerprint density at radius 3 is 2.92 bits per heavy atom. The molecule has 1 aliphatic heterocycles. The highest BCUT2D eigenvalue weighted by Gasteiger charge is 2.16. The van der Waals surface area contributed by atoms with Gasteiger partial charge in [0.05, 0.1) is 21.8 Å². The molecule has 3 aromatic rings. The first-order valence-electron chi connectivity index (χ1n) is 7.90. The van der Waals surface area contributed by atoms with Crippen molar-refractivity contribution in [3.05, 3.63) is 53.0 Å². The van der Waals surface area contributed by atoms with Gasteiger partial charge in [-0.3, -0.25) is 4.79 Å². The van der Waals surface area contributed by atoms with E-state index in [-0.39, 0.29) is 12.5 Å². The summed E-state index contributed by atoms with van der Waals surface area (Å²) >= 11 is 1.49. The van der Waals surface area contributed by atoms with Crippen LogP contribution >= 0.6 is 11.3 Å². The van der Waals surface area contributed by atoms with E-state index in [1.54, 1.807) is 35.8 Å². The molecule has 0 bridgehead atoms. The van der Waals surface area contributed by atoms with Crippen LogP contribution in [0.25, 0.3) is 10.2 Å². The van der Waals surface area contributed by atoms with Gasteiger partial charge in [-0.1, -0.05) is 6.07 Å². The van der Waals surface area contributed by atoms with Gasteiger partial charge in [-0.05, 0) is 35.9 Å². The van der Waals surface area contributed by atoms with Crippen LogP contribution in [0.15, 0.2) is 41.9 Å². The van der Waals surface area contributed by atoms with Crippen LogP contribution in [-0.4, -0.2) is 35.8 Å². The molecule has 0 spiro atoms. The molecule has 0 saturated carbocycles. The molecule has 1 aliphatic rings. The zero-order chi connectivity index (χ0) is 17.2. The summed E-state index contributed by atoms with van der Waals surface area (Å²) in [5, 5.41) is 13.1. The first-order chi connectivity index (χ1) is 12.2. The minimum Gasteiger partial charge on any atom is -0.486 e. The van der Waals surface area contributed by atoms with E-state index in [2.05, 4.69) is 10.3 Å². The molecular formula is C18H16N2O4S. The molecule has 4 rings (SSSR count). The lowest BCUT2D eigenvalue weighted by Crippen LogP contribution is -2.28. The number of nitrogens with one attached hydrogen (secondary N) is 1. The molecule has 1 atom stereocenters. The third kappa shape index (κ3) is 3.29. The van der Waals surface area contributed by atoms with E-state index in [0.29, 0.717) is 35.8 Å². The minimum absolute atomic E-state index is 0.110. The molecule has 1 amide bonds. The third-order valence-corrected chi connectivity index (χ3v) is 4.79. The summed E-state index contributed by atoms with van der Waals surface area (Å²) < 4.78 is 11.9. The fourth-order valence-corrected chi connectivity index (χ4v) is 3.39. The fourth-order valence-electron chi connectivity index (χ4n) is 2.67. The molecule has 2 N–H and O–H groups in total. The van der Waals surface area contributed by atoms with E-state index < -0.39 is 6.10 Å². The van der Waals surface area contributed by atoms with Crippen molar-refractivity contribution in [2.45, 2.75) is 6.10 Å². The monoisotopic (exact) mass is 356 g/mol. The lowest BCUT2D eigenvalue weighted by Gasteiger charge is -2.20. The van der Waals surface area contributed by atoms with Gasteiger partial charge in [-0.2, -0.15) is 0 Å². The second kappa shape index (κ2) is 6.70. The van der Waals surface area contributed by atoms with E-state index in [0.717, 1.165) is 10.2 Å². The number of nitrogens with zero attached hydrogens (tertiary/aromatic N) is 1. The van der Waals surface area contributed by atoms with Gasteiger partial charge in [0, 0.05) is 12.1 Å². The molecule has 128 valence electrons. The number of aliphatic hydroxyl groups excluding tert-OH is 1. The van der Waals surface area contributed by atoms with E-state index in [4.69, 9.17) is 9.47 Å². The van der Waals surface area contributed by atoms with Crippen LogP contribution in [0.3, 0.4) is 0 Å². The van der Waals surface area contributed by atoms with Crippen molar-refractivity contribution in [1.82, 2.24) is 10.3 Å². The number of thiazole rings is 1. The summed E-state index contributed by atoms with van der Waals surface area (Å²) in [5.41, 5.74) is 3.84. The number of aliphatic hydroxyl groups is 1. The second-order valence-corrected chi connectivity index (χ2v) is 6.55. The van der Waals surface area contributed by atoms with Gasteiger partial charge in [-0.25, -0.2) is 4.98 Å². The Kier molecular flexibility index (Phi) is 4.25. The van der Waals surface area contributed by atoms with Crippen LogP contribution in [0.5, 0.6) is 11.5 Å². The van der Waals surface area contributed by atoms with E-state index in [1.807, 2.05) is 6.07 Å². The van der Waals surface area contributed by atoms with E-state index in [1.165, 1.54) is 11.3 Å². The second-order valence-electron chi connectivity index (χ2n) is 5.66. The Labute approximate surface area is 148 Å². The van der Waals surface area contributed by atoms with E-state index in [9.17, 15) is 9.90 Å². The summed E-state index contributed by atoms with van der Waals surface area (Å²) in [5.74, 6) is 1.06. The van der Waals surface area contributed by atoms with Crippen LogP contribution in [0, 0.1) is 0 Å². The maximum absolute atomic E-state index is 12.3. The Bertz CT molecular complexity index is 924. The summed E-state index contributed by atoms with van der Waals surface area (Å²) in [6, 6.07) is 10.6. The topological polar surface area (TPSA) is 80.7 Å². The standard InChI is InChI=1S/C18H16N2O4S/c21-14(11-2-4-15-16(7-11)24-6-5-23-15)9-19-18(22)12-1-3-13-17(8-12)25-10-20-13/h1-4,7-8,10,14,21H,5-6,9H2,(H,19,22)/t14-/m1/s1. The van der Waals surface area contributed by atoms with Crippen molar-refractivity contribution in [2.24, 2.45) is 0 Å². The predicted molar refractivity (Wildman–Crippen MR) is 94.3 cm³/mol. The van der Waals surface area contributed by atoms with Gasteiger partial charge in [0.1, 0.15) is 13.2 Å². The number of aromatic nitrogens is 1. The molecule has 0 radical (unpaired) electrons. The van der Waals surface area contributed by atoms with Crippen molar-refractivity contribution in [3.8, 4) is 11.5 Å². The Morgan fingerprint density at radius 2 is 2.04 bits per heavy atom. The molecular weight excluding hydrogens is 340 g/mol. The highest BCUT2D eigenvalue weighted by molar-refractivity contribution is 7.16. The maximum Gasteiger partial charge on any atom is 0.251 e. The Balaban J connectivity index is 1.42. The van der Waals surface area contributed by atoms with Crippen molar-refractivity contribution >= 4 is 27.5 Å². The molecule has 1 aromatic heterocycles. The minimum atomic E-state index is -0.827. The number of hydrogen-bond acceptors (Lipinski definition) is 6. The normalized spacial score (nSPS) is 14.3. The predicted octanol–water partition coefficient (Wildman–Crippen LogP) is 2.53. The van der Waals surface area contributed by atoms with E-state index >= 15 is 0 Å². The summed E-state index contributed by atoms with van der Waals surface area (Å²) in [7, 11) is 0. The lowest BCUT2D eigenvalue weighted by molar-refractivity contribution is 0.0916. The lowest BCUT2D eigenvalue weighted by atomic mass is 10.1. The van der Waals surface area contributed by atoms with Crippen LogP contribution in [0.4, 0.5) is 0 Å². The van der Waals surface area contributed by atoms with Crippen LogP contribution in [0.1, 0.15) is 22.0 Å². The van der Waals surface area contributed by atoms with Crippen molar-refractivity contribution in [3.63, 3.8) is 0 Å². The highest BCUT2D eigenvalue weighted by atomic mass is 32.1. The zero-order valence-corrected chi connectivity index (χ0v) is 14.1. The molecule has 7 heteroatoms. The number of ether oxygens (including phenoxy) is 2. The molecule has 0 unspecified atom stereocenters. The molecule has 6 nitrogen and oxygen atoms in total. The van der Waals surface area contributed by atoms with Crippen molar-refractivity contribution < 1.29 is 19.4 Å². The molecule has 0 fully saturated rings. The summed E-state index contributed by atoms with van der Waals surface area (Å²) in [6.45, 7) is 1.12. The first kappa shape index (κ1) is 15.9. The fraction of sp³-hybridized carbons (Fsp3) is 0.222. The molecule has 0 saturated heterocycles. The smallest absolute Gasteiger partial charge is 0.251 e. The number of amides is 1. The molecule has 2 aromatic carbocycles. The number of rotatable bonds is 4. The van der Waals surface area contributed by atoms with Gasteiger partial charge in [0.15, 0.2) is 11.5 Å². The SMILES string of the molecule is O=C(NC[C@@H](O)c1ccc2c(c1)OCCO2)c1ccc2ncsc2c1. The Hall–Kier alpha value is -2.64. The highest BCUT2D eigenvalue weighted by Crippen LogP contribution is 2.32. The largest absolute Gasteiger partial charge is 0.486 e. The number of hydrogen-bond donors (Lipinski definition) is 2. The summed E-state index contributed by atoms with van der Waals surface area (Å²) in [6.07, 6.45) is -0.827. The molecule has 0 aliphatic carbocycles. The average Bonchev–Trinajstić information content (AvgIpc) is 3.13. The molecule has 2 heterocycles. The third-order valence-electron chi connectivity index (χ3n) is 4.00. The average molecular weight is 356 g/mol. The van der Waals surface area contributed by atoms with Crippen molar-refractivity contribution in [1.29, 1.82) is 0 Å². The van der Waals surface area contributed by atoms with Gasteiger partial charge in [0.2, 0.25) is 0 Å². The quantitative estimate of drug-likeness (QED) is 0.751. The summed E-state index contributed by atoms with van der Waals surface area (Å²) in [4.78, 5) is 16.5. The van der Waals surface area contributed by atoms with Crippen LogP contribution in [0.2, 0.25) is 0 Å². The first-order valence-corrected chi connectivity index (χ1v) is 8.78. The maximum atomic E-state index is 12.3. The van der Waals surface area contributed by atoms with Crippen LogP contribution in [-0.2, 0) is 0 Å². The zero-order valence-electron chi connectivity index (χ0n) is 13.3. The van der Waals surface area contributed by atoms with Gasteiger partial charge < -0.3 is 19.9 Å². The van der Waals surface area contributed by atoms with Gasteiger partial charge >= 0.3 is 0 Å². The number of carbonyl (C=O) groups is 1. The van der Waals surface area contributed by atoms with Gasteiger partial charge in [0.25, 0.3) is 5.91 Å². The Morgan fingerprint density at radius 1 is 1.20 bits per heavy atom. The van der Waals surface area contributed by atoms with Crippen LogP contribution < -0.4 is 14.8 Å². The molecule has 25 heavy (non-hydrogen) atoms. The number of fused-ring (bicyclic) bond motifs is 2. The van der Waals surface area contributed by atoms with Gasteiger partial charge in [-0.15, -0.1) is 11.3 Å².